The van der Waals surface area contributed by atoms with E-state index in [9.17, 15) is 4.39 Å². The lowest BCUT2D eigenvalue weighted by atomic mass is 9.90. The lowest BCUT2D eigenvalue weighted by Gasteiger charge is -2.33. The maximum Gasteiger partial charge on any atom is 0.125 e. The van der Waals surface area contributed by atoms with Crippen LogP contribution in [0.5, 0.6) is 0 Å². The maximum atomic E-state index is 13.7. The van der Waals surface area contributed by atoms with Gasteiger partial charge >= 0.3 is 0 Å². The highest BCUT2D eigenvalue weighted by molar-refractivity contribution is 5.58. The molecule has 0 bridgehead atoms. The molecule has 1 saturated heterocycles. The smallest absolute Gasteiger partial charge is 0.125 e. The molecule has 0 unspecified atom stereocenters. The molecule has 92 valence electrons. The van der Waals surface area contributed by atoms with Crippen molar-refractivity contribution in [2.45, 2.75) is 25.7 Å². The molecule has 1 fully saturated rings. The fraction of sp³-hybridized carbons (Fsp3) is 0.571. The number of fused-ring (bicyclic) bond motifs is 1. The third-order valence-corrected chi connectivity index (χ3v) is 3.86. The second-order valence-electron chi connectivity index (χ2n) is 5.01. The third-order valence-electron chi connectivity index (χ3n) is 3.86. The quantitative estimate of drug-likeness (QED) is 0.800. The number of benzene rings is 1. The number of hydrogen-bond donors (Lipinski definition) is 1. The van der Waals surface area contributed by atoms with E-state index < -0.39 is 0 Å². The Balaban J connectivity index is 1.98. The van der Waals surface area contributed by atoms with Crippen molar-refractivity contribution >= 4 is 5.69 Å². The Hall–Kier alpha value is -1.09. The van der Waals surface area contributed by atoms with Crippen LogP contribution in [0.1, 0.15) is 24.0 Å². The Labute approximate surface area is 102 Å². The van der Waals surface area contributed by atoms with Gasteiger partial charge in [-0.25, -0.2) is 4.39 Å². The van der Waals surface area contributed by atoms with Crippen molar-refractivity contribution in [3.8, 4) is 0 Å². The standard InChI is InChI=1S/C14H19FN2/c15-12-9-11-3-1-2-4-13(11)14(10-12)17-7-5-16-6-8-17/h9-10,16H,1-8H2. The monoisotopic (exact) mass is 234 g/mol. The van der Waals surface area contributed by atoms with Gasteiger partial charge < -0.3 is 10.2 Å². The first-order chi connectivity index (χ1) is 8.34. The number of aryl methyl sites for hydroxylation is 1. The van der Waals surface area contributed by atoms with Crippen molar-refractivity contribution in [3.05, 3.63) is 29.1 Å². The highest BCUT2D eigenvalue weighted by Gasteiger charge is 2.20. The van der Waals surface area contributed by atoms with Crippen LogP contribution >= 0.6 is 0 Å². The molecule has 1 aliphatic carbocycles. The zero-order chi connectivity index (χ0) is 11.7. The molecular formula is C14H19FN2. The first-order valence-corrected chi connectivity index (χ1v) is 6.61. The van der Waals surface area contributed by atoms with Gasteiger partial charge in [0, 0.05) is 31.9 Å². The highest BCUT2D eigenvalue weighted by atomic mass is 19.1. The number of nitrogens with one attached hydrogen (secondary N) is 1. The van der Waals surface area contributed by atoms with E-state index in [0.29, 0.717) is 0 Å². The summed E-state index contributed by atoms with van der Waals surface area (Å²) in [6.07, 6.45) is 4.62. The van der Waals surface area contributed by atoms with Crippen molar-refractivity contribution in [3.63, 3.8) is 0 Å². The molecule has 3 rings (SSSR count). The minimum Gasteiger partial charge on any atom is -0.369 e. The van der Waals surface area contributed by atoms with Crippen molar-refractivity contribution in [1.82, 2.24) is 5.32 Å². The number of piperazine rings is 1. The molecule has 0 spiro atoms. The number of hydrogen-bond acceptors (Lipinski definition) is 2. The van der Waals surface area contributed by atoms with Crippen LogP contribution in [-0.4, -0.2) is 26.2 Å². The highest BCUT2D eigenvalue weighted by Crippen LogP contribution is 2.31. The van der Waals surface area contributed by atoms with Crippen LogP contribution in [0, 0.1) is 5.82 Å². The minimum atomic E-state index is -0.0702. The molecule has 0 atom stereocenters. The van der Waals surface area contributed by atoms with E-state index in [-0.39, 0.29) is 5.82 Å². The molecule has 3 heteroatoms. The summed E-state index contributed by atoms with van der Waals surface area (Å²) >= 11 is 0. The minimum absolute atomic E-state index is 0.0702. The number of nitrogens with zero attached hydrogens (tertiary/aromatic N) is 1. The van der Waals surface area contributed by atoms with Gasteiger partial charge in [0.25, 0.3) is 0 Å². The van der Waals surface area contributed by atoms with E-state index in [1.54, 1.807) is 12.1 Å². The van der Waals surface area contributed by atoms with E-state index >= 15 is 0 Å². The largest absolute Gasteiger partial charge is 0.369 e. The Bertz CT molecular complexity index is 411. The summed E-state index contributed by atoms with van der Waals surface area (Å²) < 4.78 is 13.7. The number of anilines is 1. The van der Waals surface area contributed by atoms with Gasteiger partial charge in [0.15, 0.2) is 0 Å². The van der Waals surface area contributed by atoms with Crippen molar-refractivity contribution < 1.29 is 4.39 Å². The third kappa shape index (κ3) is 2.16. The maximum absolute atomic E-state index is 13.7. The number of halogens is 1. The molecular weight excluding hydrogens is 215 g/mol. The first kappa shape index (κ1) is 11.0. The molecule has 1 aromatic rings. The van der Waals surface area contributed by atoms with E-state index in [0.717, 1.165) is 44.7 Å². The Morgan fingerprint density at radius 3 is 2.65 bits per heavy atom. The number of rotatable bonds is 1. The second-order valence-corrected chi connectivity index (χ2v) is 5.01. The van der Waals surface area contributed by atoms with Gasteiger partial charge in [0.2, 0.25) is 0 Å². The van der Waals surface area contributed by atoms with Crippen molar-refractivity contribution in [2.24, 2.45) is 0 Å². The van der Waals surface area contributed by atoms with Gasteiger partial charge in [0.05, 0.1) is 0 Å². The lowest BCUT2D eigenvalue weighted by molar-refractivity contribution is 0.576. The predicted octanol–water partition coefficient (Wildman–Crippen LogP) is 2.11. The van der Waals surface area contributed by atoms with E-state index in [1.807, 2.05) is 0 Å². The Morgan fingerprint density at radius 2 is 1.82 bits per heavy atom. The van der Waals surface area contributed by atoms with Crippen molar-refractivity contribution in [1.29, 1.82) is 0 Å². The molecule has 2 aliphatic rings. The molecule has 0 radical (unpaired) electrons. The molecule has 2 nitrogen and oxygen atoms in total. The molecule has 1 N–H and O–H groups in total. The summed E-state index contributed by atoms with van der Waals surface area (Å²) in [5.74, 6) is -0.0702. The second kappa shape index (κ2) is 4.65. The summed E-state index contributed by atoms with van der Waals surface area (Å²) in [7, 11) is 0. The molecule has 1 heterocycles. The zero-order valence-electron chi connectivity index (χ0n) is 10.1. The van der Waals surface area contributed by atoms with E-state index in [4.69, 9.17) is 0 Å². The van der Waals surface area contributed by atoms with E-state index in [2.05, 4.69) is 10.2 Å². The summed E-state index contributed by atoms with van der Waals surface area (Å²) in [5, 5.41) is 3.34. The normalized spacial score (nSPS) is 20.2. The van der Waals surface area contributed by atoms with Gasteiger partial charge in [0.1, 0.15) is 5.82 Å². The fourth-order valence-corrected chi connectivity index (χ4v) is 2.99. The van der Waals surface area contributed by atoms with Gasteiger partial charge in [-0.15, -0.1) is 0 Å². The molecule has 0 saturated carbocycles. The van der Waals surface area contributed by atoms with Crippen molar-refractivity contribution in [2.75, 3.05) is 31.1 Å². The topological polar surface area (TPSA) is 15.3 Å². The average molecular weight is 234 g/mol. The van der Waals surface area contributed by atoms with Gasteiger partial charge in [-0.2, -0.15) is 0 Å². The zero-order valence-corrected chi connectivity index (χ0v) is 10.1. The van der Waals surface area contributed by atoms with Crippen LogP contribution in [-0.2, 0) is 12.8 Å². The molecule has 0 aromatic heterocycles. The molecule has 0 amide bonds. The van der Waals surface area contributed by atoms with Crippen LogP contribution in [0.15, 0.2) is 12.1 Å². The van der Waals surface area contributed by atoms with Gasteiger partial charge in [-0.1, -0.05) is 0 Å². The first-order valence-electron chi connectivity index (χ1n) is 6.61. The summed E-state index contributed by atoms with van der Waals surface area (Å²) in [6, 6.07) is 3.47. The average Bonchev–Trinajstić information content (AvgIpc) is 2.39. The van der Waals surface area contributed by atoms with Crippen LogP contribution in [0.25, 0.3) is 0 Å². The summed E-state index contributed by atoms with van der Waals surface area (Å²) in [5.41, 5.74) is 3.80. The fourth-order valence-electron chi connectivity index (χ4n) is 2.99. The molecule has 1 aromatic carbocycles. The van der Waals surface area contributed by atoms with E-state index in [1.165, 1.54) is 24.0 Å². The molecule has 1 aliphatic heterocycles. The SMILES string of the molecule is Fc1cc2c(c(N3CCNCC3)c1)CCCC2. The predicted molar refractivity (Wildman–Crippen MR) is 68.1 cm³/mol. The van der Waals surface area contributed by atoms with Crippen LogP contribution in [0.3, 0.4) is 0 Å². The van der Waals surface area contributed by atoms with Crippen LogP contribution < -0.4 is 10.2 Å². The Kier molecular flexibility index (Phi) is 3.02. The summed E-state index contributed by atoms with van der Waals surface area (Å²) in [6.45, 7) is 4.00. The summed E-state index contributed by atoms with van der Waals surface area (Å²) in [4.78, 5) is 2.34. The lowest BCUT2D eigenvalue weighted by Crippen LogP contribution is -2.44. The Morgan fingerprint density at radius 1 is 1.06 bits per heavy atom. The van der Waals surface area contributed by atoms with Gasteiger partial charge in [-0.3, -0.25) is 0 Å². The van der Waals surface area contributed by atoms with Crippen LogP contribution in [0.4, 0.5) is 10.1 Å². The van der Waals surface area contributed by atoms with Crippen LogP contribution in [0.2, 0.25) is 0 Å². The van der Waals surface area contributed by atoms with Gasteiger partial charge in [-0.05, 0) is 48.9 Å². The molecule has 17 heavy (non-hydrogen) atoms.